The second-order valence-electron chi connectivity index (χ2n) is 6.19. The van der Waals surface area contributed by atoms with Crippen LogP contribution in [0.15, 0.2) is 30.3 Å². The first-order valence-electron chi connectivity index (χ1n) is 7.94. The highest BCUT2D eigenvalue weighted by molar-refractivity contribution is 5.83. The first-order chi connectivity index (χ1) is 11.3. The van der Waals surface area contributed by atoms with Gasteiger partial charge in [-0.1, -0.05) is 30.3 Å². The average molecular weight is 331 g/mol. The van der Waals surface area contributed by atoms with Gasteiger partial charge in [-0.3, -0.25) is 4.90 Å². The topological polar surface area (TPSA) is 55.8 Å². The van der Waals surface area contributed by atoms with E-state index in [1.54, 1.807) is 52.0 Å². The number of benzene rings is 1. The Kier molecular flexibility index (Phi) is 7.31. The highest BCUT2D eigenvalue weighted by Crippen LogP contribution is 2.25. The molecule has 0 aliphatic heterocycles. The Bertz CT molecular complexity index is 584. The largest absolute Gasteiger partial charge is 0.464 e. The lowest BCUT2D eigenvalue weighted by atomic mass is 10.1. The number of amides is 1. The van der Waals surface area contributed by atoms with Crippen molar-refractivity contribution >= 4 is 12.1 Å². The molecular weight excluding hydrogens is 306 g/mol. The smallest absolute Gasteiger partial charge is 0.411 e. The molecule has 0 aliphatic rings. The SMILES string of the molecule is C#CCCN(C(=O)OC(C)(C)C)C(C(=O)OCC)c1ccccc1. The summed E-state index contributed by atoms with van der Waals surface area (Å²) in [5, 5.41) is 0. The normalized spacial score (nSPS) is 12.0. The van der Waals surface area contributed by atoms with Gasteiger partial charge in [0, 0.05) is 13.0 Å². The van der Waals surface area contributed by atoms with Gasteiger partial charge in [-0.05, 0) is 33.3 Å². The molecule has 0 saturated heterocycles. The fourth-order valence-corrected chi connectivity index (χ4v) is 2.13. The predicted octanol–water partition coefficient (Wildman–Crippen LogP) is 3.55. The van der Waals surface area contributed by atoms with Crippen LogP contribution in [0, 0.1) is 12.3 Å². The number of carbonyl (C=O) groups is 2. The predicted molar refractivity (Wildman–Crippen MR) is 92.2 cm³/mol. The highest BCUT2D eigenvalue weighted by atomic mass is 16.6. The second-order valence-corrected chi connectivity index (χ2v) is 6.19. The van der Waals surface area contributed by atoms with Crippen LogP contribution in [0.5, 0.6) is 0 Å². The van der Waals surface area contributed by atoms with Gasteiger partial charge in [0.15, 0.2) is 6.04 Å². The third-order valence-corrected chi connectivity index (χ3v) is 3.06. The molecule has 0 bridgehead atoms. The molecular formula is C19H25NO4. The van der Waals surface area contributed by atoms with Gasteiger partial charge < -0.3 is 9.47 Å². The Morgan fingerprint density at radius 1 is 1.25 bits per heavy atom. The average Bonchev–Trinajstić information content (AvgIpc) is 2.50. The lowest BCUT2D eigenvalue weighted by Crippen LogP contribution is -2.43. The highest BCUT2D eigenvalue weighted by Gasteiger charge is 2.34. The molecule has 0 radical (unpaired) electrons. The van der Waals surface area contributed by atoms with Crippen molar-refractivity contribution in [2.24, 2.45) is 0 Å². The number of ether oxygens (including phenoxy) is 2. The summed E-state index contributed by atoms with van der Waals surface area (Å²) < 4.78 is 10.6. The van der Waals surface area contributed by atoms with E-state index in [-0.39, 0.29) is 13.2 Å². The first-order valence-corrected chi connectivity index (χ1v) is 7.94. The summed E-state index contributed by atoms with van der Waals surface area (Å²) >= 11 is 0. The molecule has 24 heavy (non-hydrogen) atoms. The quantitative estimate of drug-likeness (QED) is 0.591. The van der Waals surface area contributed by atoms with E-state index in [1.807, 2.05) is 6.07 Å². The Hall–Kier alpha value is -2.48. The molecule has 5 nitrogen and oxygen atoms in total. The molecule has 0 heterocycles. The maximum absolute atomic E-state index is 12.6. The zero-order chi connectivity index (χ0) is 18.2. The zero-order valence-corrected chi connectivity index (χ0v) is 14.7. The van der Waals surface area contributed by atoms with Crippen LogP contribution in [-0.2, 0) is 14.3 Å². The van der Waals surface area contributed by atoms with E-state index in [0.717, 1.165) is 0 Å². The summed E-state index contributed by atoms with van der Waals surface area (Å²) in [6.07, 6.45) is 5.04. The molecule has 0 fully saturated rings. The van der Waals surface area contributed by atoms with Gasteiger partial charge in [0.05, 0.1) is 6.61 Å². The van der Waals surface area contributed by atoms with Crippen molar-refractivity contribution in [3.05, 3.63) is 35.9 Å². The number of carbonyl (C=O) groups excluding carboxylic acids is 2. The number of esters is 1. The molecule has 1 aromatic rings. The van der Waals surface area contributed by atoms with Crippen molar-refractivity contribution in [3.8, 4) is 12.3 Å². The fourth-order valence-electron chi connectivity index (χ4n) is 2.13. The molecule has 0 spiro atoms. The van der Waals surface area contributed by atoms with Crippen molar-refractivity contribution in [1.29, 1.82) is 0 Å². The van der Waals surface area contributed by atoms with Crippen LogP contribution in [0.1, 0.15) is 45.7 Å². The minimum Gasteiger partial charge on any atom is -0.464 e. The van der Waals surface area contributed by atoms with E-state index in [1.165, 1.54) is 4.90 Å². The van der Waals surface area contributed by atoms with Gasteiger partial charge >= 0.3 is 12.1 Å². The third kappa shape index (κ3) is 5.96. The van der Waals surface area contributed by atoms with Crippen LogP contribution < -0.4 is 0 Å². The molecule has 1 rings (SSSR count). The van der Waals surface area contributed by atoms with Gasteiger partial charge in [0.2, 0.25) is 0 Å². The van der Waals surface area contributed by atoms with E-state index >= 15 is 0 Å². The first kappa shape index (κ1) is 19.6. The standard InChI is InChI=1S/C19H25NO4/c1-6-8-14-20(18(22)24-19(3,4)5)16(17(21)23-7-2)15-12-10-9-11-13-15/h1,9-13,16H,7-8,14H2,2-5H3. The van der Waals surface area contributed by atoms with E-state index in [9.17, 15) is 9.59 Å². The van der Waals surface area contributed by atoms with Gasteiger partial charge in [-0.15, -0.1) is 12.3 Å². The molecule has 1 unspecified atom stereocenters. The van der Waals surface area contributed by atoms with Crippen LogP contribution in [0.4, 0.5) is 4.79 Å². The summed E-state index contributed by atoms with van der Waals surface area (Å²) in [6.45, 7) is 7.45. The third-order valence-electron chi connectivity index (χ3n) is 3.06. The summed E-state index contributed by atoms with van der Waals surface area (Å²) in [5.41, 5.74) is -0.0275. The Labute approximate surface area is 143 Å². The number of terminal acetylenes is 1. The van der Waals surface area contributed by atoms with Crippen molar-refractivity contribution in [3.63, 3.8) is 0 Å². The fraction of sp³-hybridized carbons (Fsp3) is 0.474. The second kappa shape index (κ2) is 8.97. The van der Waals surface area contributed by atoms with E-state index in [4.69, 9.17) is 15.9 Å². The van der Waals surface area contributed by atoms with Gasteiger partial charge in [0.1, 0.15) is 5.60 Å². The van der Waals surface area contributed by atoms with E-state index in [0.29, 0.717) is 12.0 Å². The van der Waals surface area contributed by atoms with Crippen molar-refractivity contribution in [2.45, 2.75) is 45.8 Å². The van der Waals surface area contributed by atoms with Crippen LogP contribution in [0.2, 0.25) is 0 Å². The molecule has 1 amide bonds. The van der Waals surface area contributed by atoms with Gasteiger partial charge in [-0.25, -0.2) is 9.59 Å². The minimum absolute atomic E-state index is 0.198. The molecule has 1 aromatic carbocycles. The summed E-state index contributed by atoms with van der Waals surface area (Å²) in [4.78, 5) is 26.4. The van der Waals surface area contributed by atoms with Crippen LogP contribution >= 0.6 is 0 Å². The van der Waals surface area contributed by atoms with Crippen LogP contribution in [0.3, 0.4) is 0 Å². The Balaban J connectivity index is 3.21. The van der Waals surface area contributed by atoms with Crippen LogP contribution in [0.25, 0.3) is 0 Å². The lowest BCUT2D eigenvalue weighted by molar-refractivity contribution is -0.149. The zero-order valence-electron chi connectivity index (χ0n) is 14.7. The molecule has 5 heteroatoms. The molecule has 130 valence electrons. The number of hydrogen-bond donors (Lipinski definition) is 0. The van der Waals surface area contributed by atoms with Crippen LogP contribution in [-0.4, -0.2) is 35.7 Å². The monoisotopic (exact) mass is 331 g/mol. The number of hydrogen-bond acceptors (Lipinski definition) is 4. The minimum atomic E-state index is -0.894. The van der Waals surface area contributed by atoms with Crippen molar-refractivity contribution in [2.75, 3.05) is 13.2 Å². The molecule has 0 N–H and O–H groups in total. The number of rotatable bonds is 6. The summed E-state index contributed by atoms with van der Waals surface area (Å²) in [7, 11) is 0. The molecule has 0 aliphatic carbocycles. The van der Waals surface area contributed by atoms with Gasteiger partial charge in [0.25, 0.3) is 0 Å². The maximum atomic E-state index is 12.6. The lowest BCUT2D eigenvalue weighted by Gasteiger charge is -2.32. The molecule has 1 atom stereocenters. The maximum Gasteiger partial charge on any atom is 0.411 e. The Morgan fingerprint density at radius 3 is 2.38 bits per heavy atom. The van der Waals surface area contributed by atoms with E-state index < -0.39 is 23.7 Å². The molecule has 0 saturated carbocycles. The van der Waals surface area contributed by atoms with E-state index in [2.05, 4.69) is 5.92 Å². The van der Waals surface area contributed by atoms with Gasteiger partial charge in [-0.2, -0.15) is 0 Å². The Morgan fingerprint density at radius 2 is 1.88 bits per heavy atom. The van der Waals surface area contributed by atoms with Crippen molar-refractivity contribution in [1.82, 2.24) is 4.90 Å². The summed E-state index contributed by atoms with van der Waals surface area (Å²) in [6, 6.07) is 8.09. The molecule has 0 aromatic heterocycles. The summed E-state index contributed by atoms with van der Waals surface area (Å²) in [5.74, 6) is 1.98. The number of nitrogens with zero attached hydrogens (tertiary/aromatic N) is 1. The van der Waals surface area contributed by atoms with Crippen molar-refractivity contribution < 1.29 is 19.1 Å².